The molecule has 1 heterocycles. The number of hydrogen-bond donors (Lipinski definition) is 17. The van der Waals surface area contributed by atoms with Crippen LogP contribution in [0, 0.1) is 11.8 Å². The Balaban J connectivity index is 2.10. The van der Waals surface area contributed by atoms with Crippen LogP contribution in [-0.2, 0) is 54.4 Å². The second kappa shape index (κ2) is 33.0. The lowest BCUT2D eigenvalue weighted by Gasteiger charge is -2.29. The molecule has 27 heteroatoms. The summed E-state index contributed by atoms with van der Waals surface area (Å²) in [6, 6.07) is -4.59. The molecule has 2 fully saturated rings. The highest BCUT2D eigenvalue weighted by atomic mass is 16.3. The van der Waals surface area contributed by atoms with Gasteiger partial charge < -0.3 is 92.0 Å². The quantitative estimate of drug-likeness (QED) is 0.0578. The molecule has 0 aromatic heterocycles. The summed E-state index contributed by atoms with van der Waals surface area (Å²) < 4.78 is 0. The molecule has 1 aliphatic carbocycles. The third-order valence-corrected chi connectivity index (χ3v) is 13.2. The second-order valence-corrected chi connectivity index (χ2v) is 20.2. The highest BCUT2D eigenvalue weighted by Crippen LogP contribution is 2.23. The van der Waals surface area contributed by atoms with E-state index in [0.29, 0.717) is 31.2 Å². The van der Waals surface area contributed by atoms with E-state index in [-0.39, 0.29) is 76.7 Å². The van der Waals surface area contributed by atoms with Crippen molar-refractivity contribution in [2.75, 3.05) is 32.7 Å². The van der Waals surface area contributed by atoms with Gasteiger partial charge in [0.1, 0.15) is 54.4 Å². The first-order valence-electron chi connectivity index (χ1n) is 26.5. The molecule has 1 aromatic rings. The van der Waals surface area contributed by atoms with Crippen LogP contribution in [0.1, 0.15) is 97.5 Å². The molecule has 0 radical (unpaired) electrons. The number of aliphatic hydroxyl groups is 2. The first kappa shape index (κ1) is 64.9. The average Bonchev–Trinajstić information content (AvgIpc) is 3.37. The topological polar surface area (TPSA) is 462 Å². The van der Waals surface area contributed by atoms with E-state index >= 15 is 0 Å². The molecule has 1 aromatic carbocycles. The minimum absolute atomic E-state index is 0.0598. The number of amides is 10. The maximum atomic E-state index is 14.4. The fraction of sp³-hybridized carbons (Fsp3) is 0.680. The molecular formula is C50H85N15O12. The number of rotatable bonds is 20. The van der Waals surface area contributed by atoms with Crippen molar-refractivity contribution in [3.05, 3.63) is 35.9 Å². The lowest BCUT2D eigenvalue weighted by molar-refractivity contribution is -0.137. The predicted molar refractivity (Wildman–Crippen MR) is 283 cm³/mol. The number of benzene rings is 1. The lowest BCUT2D eigenvalue weighted by Crippen LogP contribution is -2.61. The van der Waals surface area contributed by atoms with Gasteiger partial charge in [0.15, 0.2) is 0 Å². The molecule has 2 aliphatic rings. The Kier molecular flexibility index (Phi) is 27.9. The molecule has 22 N–H and O–H groups in total. The molecule has 0 bridgehead atoms. The van der Waals surface area contributed by atoms with E-state index in [9.17, 15) is 58.2 Å². The maximum Gasteiger partial charge on any atom is 0.245 e. The van der Waals surface area contributed by atoms with Gasteiger partial charge in [0.05, 0.1) is 12.2 Å². The third-order valence-electron chi connectivity index (χ3n) is 13.2. The van der Waals surface area contributed by atoms with Crippen molar-refractivity contribution in [3.8, 4) is 0 Å². The van der Waals surface area contributed by atoms with Crippen molar-refractivity contribution in [1.82, 2.24) is 53.2 Å². The number of nitrogens with two attached hydrogens (primary N) is 5. The van der Waals surface area contributed by atoms with Crippen LogP contribution >= 0.6 is 0 Å². The molecule has 1 saturated heterocycles. The largest absolute Gasteiger partial charge is 0.391 e. The van der Waals surface area contributed by atoms with E-state index in [0.717, 1.165) is 0 Å². The Hall–Kier alpha value is -6.36. The monoisotopic (exact) mass is 1090 g/mol. The smallest absolute Gasteiger partial charge is 0.245 e. The number of nitrogens with one attached hydrogen (secondary N) is 10. The molecule has 0 spiro atoms. The number of carbonyl (C=O) groups is 10. The van der Waals surface area contributed by atoms with Crippen LogP contribution in [0.3, 0.4) is 0 Å². The van der Waals surface area contributed by atoms with Crippen molar-refractivity contribution in [2.45, 2.75) is 171 Å². The zero-order valence-corrected chi connectivity index (χ0v) is 44.6. The zero-order valence-electron chi connectivity index (χ0n) is 44.6. The molecule has 10 amide bonds. The van der Waals surface area contributed by atoms with E-state index in [1.54, 1.807) is 44.2 Å². The van der Waals surface area contributed by atoms with Gasteiger partial charge >= 0.3 is 0 Å². The summed E-state index contributed by atoms with van der Waals surface area (Å²) in [4.78, 5) is 140. The van der Waals surface area contributed by atoms with Crippen molar-refractivity contribution in [2.24, 2.45) is 40.5 Å². The minimum atomic E-state index is -1.66. The Morgan fingerprint density at radius 2 is 1.09 bits per heavy atom. The van der Waals surface area contributed by atoms with Gasteiger partial charge in [0.2, 0.25) is 59.1 Å². The van der Waals surface area contributed by atoms with Gasteiger partial charge in [0, 0.05) is 24.9 Å². The van der Waals surface area contributed by atoms with Gasteiger partial charge in [-0.2, -0.15) is 0 Å². The van der Waals surface area contributed by atoms with Crippen molar-refractivity contribution in [3.63, 3.8) is 0 Å². The number of aliphatic hydroxyl groups excluding tert-OH is 2. The van der Waals surface area contributed by atoms with Gasteiger partial charge in [-0.25, -0.2) is 0 Å². The molecule has 77 heavy (non-hydrogen) atoms. The maximum absolute atomic E-state index is 14.4. The normalized spacial score (nSPS) is 26.4. The van der Waals surface area contributed by atoms with E-state index in [1.807, 2.05) is 0 Å². The summed E-state index contributed by atoms with van der Waals surface area (Å²) in [5.74, 6) is -9.29. The van der Waals surface area contributed by atoms with E-state index in [4.69, 9.17) is 28.7 Å². The standard InChI is InChI=1S/C50H85N15O12/c1-26(2)24-37-47(74)59-32(14-19-51)42(69)58-35(17-22-54)46(73)65-39(27(3)66)49(76)56-23-18-36(45(72)57-33(15-20-52)44(71)63-38(48(75)62-37)25-29-8-6-5-7-9-29)60-43(70)34(16-21-53)61-50(77)40(28(4)67)64-41(68)30-10-12-31(55)13-11-30/h5-9,26-28,30-40,66-67H,10-25,51-55H2,1-4H3,(H,56,76)(H,57,72)(H,58,69)(H,59,74)(H,60,70)(H,61,77)(H,62,75)(H,63,71)(H,64,68)(H,65,73)/t27?,28?,30-,31-,32-,33-,34-,35-,36-,37-,38+,39?,40-/m0/s1. The molecular weight excluding hydrogens is 1000 g/mol. The highest BCUT2D eigenvalue weighted by molar-refractivity contribution is 5.99. The van der Waals surface area contributed by atoms with Crippen LogP contribution < -0.4 is 81.8 Å². The Morgan fingerprint density at radius 1 is 0.597 bits per heavy atom. The van der Waals surface area contributed by atoms with E-state index in [1.165, 1.54) is 13.8 Å². The third kappa shape index (κ3) is 21.5. The molecule has 432 valence electrons. The van der Waals surface area contributed by atoms with Crippen molar-refractivity contribution in [1.29, 1.82) is 0 Å². The van der Waals surface area contributed by atoms with Crippen LogP contribution in [0.25, 0.3) is 0 Å². The van der Waals surface area contributed by atoms with Crippen LogP contribution in [-0.4, -0.2) is 175 Å². The van der Waals surface area contributed by atoms with Crippen LogP contribution in [0.4, 0.5) is 0 Å². The Morgan fingerprint density at radius 3 is 1.60 bits per heavy atom. The van der Waals surface area contributed by atoms with Crippen molar-refractivity contribution < 1.29 is 58.2 Å². The summed E-state index contributed by atoms with van der Waals surface area (Å²) in [6.45, 7) is 5.07. The Labute approximate surface area is 449 Å². The lowest BCUT2D eigenvalue weighted by atomic mass is 9.85. The van der Waals surface area contributed by atoms with Crippen LogP contribution in [0.5, 0.6) is 0 Å². The van der Waals surface area contributed by atoms with Gasteiger partial charge in [-0.15, -0.1) is 0 Å². The van der Waals surface area contributed by atoms with Gasteiger partial charge in [0.25, 0.3) is 0 Å². The SMILES string of the molecule is CC(C)C[C@@H]1NC(=O)[C@@H](Cc2ccccc2)NC(=O)[C@H](CCN)NC(=O)[C@@H](NC(=O)[C@H](CCN)NC(=O)[C@@H](NC(=O)[C@H]2CC[C@H](N)CC2)C(C)O)CCNC(=O)C(C(C)O)NC(=O)[C@H](CCN)NC(=O)[C@H](CCN)NC1=O. The average molecular weight is 1090 g/mol. The highest BCUT2D eigenvalue weighted by Gasteiger charge is 2.38. The summed E-state index contributed by atoms with van der Waals surface area (Å²) in [5.41, 5.74) is 30.1. The first-order valence-corrected chi connectivity index (χ1v) is 26.5. The number of carbonyl (C=O) groups excluding carboxylic acids is 10. The first-order chi connectivity index (χ1) is 36.5. The Bertz CT molecular complexity index is 2130. The van der Waals surface area contributed by atoms with Crippen molar-refractivity contribution >= 4 is 59.1 Å². The molecule has 3 rings (SSSR count). The summed E-state index contributed by atoms with van der Waals surface area (Å²) >= 11 is 0. The van der Waals surface area contributed by atoms with Gasteiger partial charge in [-0.3, -0.25) is 47.9 Å². The summed E-state index contributed by atoms with van der Waals surface area (Å²) in [5, 5.41) is 47.0. The van der Waals surface area contributed by atoms with Gasteiger partial charge in [-0.1, -0.05) is 44.2 Å². The zero-order chi connectivity index (χ0) is 57.4. The predicted octanol–water partition coefficient (Wildman–Crippen LogP) is -6.17. The van der Waals surface area contributed by atoms with Gasteiger partial charge in [-0.05, 0) is 116 Å². The minimum Gasteiger partial charge on any atom is -0.391 e. The number of hydrogen-bond acceptors (Lipinski definition) is 17. The molecule has 27 nitrogen and oxygen atoms in total. The summed E-state index contributed by atoms with van der Waals surface area (Å²) in [7, 11) is 0. The second-order valence-electron chi connectivity index (χ2n) is 20.2. The van der Waals surface area contributed by atoms with Crippen LogP contribution in [0.2, 0.25) is 0 Å². The molecule has 1 saturated carbocycles. The summed E-state index contributed by atoms with van der Waals surface area (Å²) in [6.07, 6.45) is -1.99. The van der Waals surface area contributed by atoms with E-state index < -0.39 is 145 Å². The fourth-order valence-electron chi connectivity index (χ4n) is 8.83. The molecule has 11 atom stereocenters. The van der Waals surface area contributed by atoms with E-state index in [2.05, 4.69) is 53.2 Å². The molecule has 1 aliphatic heterocycles. The fourth-order valence-corrected chi connectivity index (χ4v) is 8.83. The molecule has 3 unspecified atom stereocenters. The van der Waals surface area contributed by atoms with Crippen LogP contribution in [0.15, 0.2) is 30.3 Å².